The highest BCUT2D eigenvalue weighted by Crippen LogP contribution is 2.19. The molecular weight excluding hydrogens is 290 g/mol. The van der Waals surface area contributed by atoms with E-state index in [1.807, 2.05) is 12.3 Å². The highest BCUT2D eigenvalue weighted by molar-refractivity contribution is 9.10. The normalized spacial score (nSPS) is 12.6. The zero-order valence-corrected chi connectivity index (χ0v) is 12.0. The lowest BCUT2D eigenvalue weighted by Gasteiger charge is -2.14. The van der Waals surface area contributed by atoms with Crippen molar-refractivity contribution >= 4 is 38.3 Å². The number of carbonyl (C=O) groups is 1. The van der Waals surface area contributed by atoms with Gasteiger partial charge in [-0.05, 0) is 28.8 Å². The van der Waals surface area contributed by atoms with Crippen molar-refractivity contribution in [2.24, 2.45) is 5.92 Å². The SMILES string of the molecule is CC(C)CNC(=O)C(C)Nc1nc(Br)cs1. The van der Waals surface area contributed by atoms with Gasteiger partial charge in [-0.2, -0.15) is 0 Å². The summed E-state index contributed by atoms with van der Waals surface area (Å²) < 4.78 is 0.787. The van der Waals surface area contributed by atoms with Gasteiger partial charge in [0.05, 0.1) is 0 Å². The Morgan fingerprint density at radius 3 is 2.75 bits per heavy atom. The van der Waals surface area contributed by atoms with Crippen LogP contribution in [-0.2, 0) is 4.79 Å². The molecule has 0 saturated heterocycles. The van der Waals surface area contributed by atoms with E-state index in [2.05, 4.69) is 45.4 Å². The maximum Gasteiger partial charge on any atom is 0.242 e. The van der Waals surface area contributed by atoms with Crippen LogP contribution in [0.4, 0.5) is 5.13 Å². The molecule has 16 heavy (non-hydrogen) atoms. The molecule has 0 aliphatic rings. The van der Waals surface area contributed by atoms with Crippen LogP contribution in [0.1, 0.15) is 20.8 Å². The van der Waals surface area contributed by atoms with Gasteiger partial charge in [0.1, 0.15) is 10.6 Å². The van der Waals surface area contributed by atoms with E-state index in [9.17, 15) is 4.79 Å². The number of nitrogens with zero attached hydrogens (tertiary/aromatic N) is 1. The number of nitrogens with one attached hydrogen (secondary N) is 2. The molecule has 1 atom stereocenters. The zero-order chi connectivity index (χ0) is 12.1. The predicted octanol–water partition coefficient (Wildman–Crippen LogP) is 2.48. The summed E-state index contributed by atoms with van der Waals surface area (Å²) in [5.74, 6) is 0.463. The molecule has 2 N–H and O–H groups in total. The maximum absolute atomic E-state index is 11.7. The minimum Gasteiger partial charge on any atom is -0.354 e. The lowest BCUT2D eigenvalue weighted by Crippen LogP contribution is -2.39. The molecule has 1 heterocycles. The Hall–Kier alpha value is -0.620. The van der Waals surface area contributed by atoms with E-state index in [1.165, 1.54) is 11.3 Å². The Morgan fingerprint density at radius 1 is 1.56 bits per heavy atom. The molecule has 0 aliphatic heterocycles. The highest BCUT2D eigenvalue weighted by atomic mass is 79.9. The number of anilines is 1. The summed E-state index contributed by atoms with van der Waals surface area (Å²) in [7, 11) is 0. The number of hydrogen-bond acceptors (Lipinski definition) is 4. The van der Waals surface area contributed by atoms with Gasteiger partial charge in [0, 0.05) is 11.9 Å². The molecule has 90 valence electrons. The molecule has 0 fully saturated rings. The van der Waals surface area contributed by atoms with Crippen LogP contribution in [0, 0.1) is 5.92 Å². The molecule has 0 radical (unpaired) electrons. The van der Waals surface area contributed by atoms with E-state index in [0.29, 0.717) is 12.5 Å². The number of carbonyl (C=O) groups excluding carboxylic acids is 1. The molecule has 6 heteroatoms. The van der Waals surface area contributed by atoms with E-state index < -0.39 is 0 Å². The fraction of sp³-hybridized carbons (Fsp3) is 0.600. The Balaban J connectivity index is 2.39. The van der Waals surface area contributed by atoms with Gasteiger partial charge in [-0.15, -0.1) is 11.3 Å². The van der Waals surface area contributed by atoms with Crippen LogP contribution in [-0.4, -0.2) is 23.5 Å². The van der Waals surface area contributed by atoms with Crippen LogP contribution in [0.15, 0.2) is 9.98 Å². The summed E-state index contributed by atoms with van der Waals surface area (Å²) >= 11 is 4.74. The molecule has 1 aromatic heterocycles. The van der Waals surface area contributed by atoms with Gasteiger partial charge in [-0.25, -0.2) is 4.98 Å². The van der Waals surface area contributed by atoms with Crippen molar-refractivity contribution in [2.75, 3.05) is 11.9 Å². The van der Waals surface area contributed by atoms with Crippen LogP contribution in [0.2, 0.25) is 0 Å². The van der Waals surface area contributed by atoms with E-state index in [1.54, 1.807) is 0 Å². The van der Waals surface area contributed by atoms with Gasteiger partial charge < -0.3 is 10.6 Å². The van der Waals surface area contributed by atoms with E-state index in [4.69, 9.17) is 0 Å². The molecular formula is C10H16BrN3OS. The summed E-state index contributed by atoms with van der Waals surface area (Å²) in [6.07, 6.45) is 0. The van der Waals surface area contributed by atoms with Crippen molar-refractivity contribution in [2.45, 2.75) is 26.8 Å². The first kappa shape index (κ1) is 13.4. The first-order valence-electron chi connectivity index (χ1n) is 5.14. The van der Waals surface area contributed by atoms with E-state index >= 15 is 0 Å². The molecule has 0 aliphatic carbocycles. The summed E-state index contributed by atoms with van der Waals surface area (Å²) in [6.45, 7) is 6.66. The van der Waals surface area contributed by atoms with Crippen molar-refractivity contribution in [1.29, 1.82) is 0 Å². The number of rotatable bonds is 5. The Labute approximate surface area is 108 Å². The third-order valence-corrected chi connectivity index (χ3v) is 3.38. The minimum absolute atomic E-state index is 0.0000208. The van der Waals surface area contributed by atoms with Gasteiger partial charge in [-0.1, -0.05) is 13.8 Å². The van der Waals surface area contributed by atoms with Gasteiger partial charge in [0.25, 0.3) is 0 Å². The topological polar surface area (TPSA) is 54.0 Å². The Morgan fingerprint density at radius 2 is 2.25 bits per heavy atom. The van der Waals surface area contributed by atoms with Crippen LogP contribution in [0.5, 0.6) is 0 Å². The minimum atomic E-state index is -0.267. The average molecular weight is 306 g/mol. The summed E-state index contributed by atoms with van der Waals surface area (Å²) in [5, 5.41) is 8.55. The maximum atomic E-state index is 11.7. The fourth-order valence-corrected chi connectivity index (χ4v) is 2.26. The second-order valence-corrected chi connectivity index (χ2v) is 5.65. The summed E-state index contributed by atoms with van der Waals surface area (Å²) in [6, 6.07) is -0.267. The predicted molar refractivity (Wildman–Crippen MR) is 70.7 cm³/mol. The third-order valence-electron chi connectivity index (χ3n) is 1.89. The van der Waals surface area contributed by atoms with E-state index in [0.717, 1.165) is 9.73 Å². The van der Waals surface area contributed by atoms with Gasteiger partial charge >= 0.3 is 0 Å². The first-order chi connectivity index (χ1) is 7.49. The lowest BCUT2D eigenvalue weighted by atomic mass is 10.2. The molecule has 1 rings (SSSR count). The van der Waals surface area contributed by atoms with Crippen LogP contribution in [0.25, 0.3) is 0 Å². The van der Waals surface area contributed by atoms with Crippen LogP contribution >= 0.6 is 27.3 Å². The monoisotopic (exact) mass is 305 g/mol. The third kappa shape index (κ3) is 4.49. The standard InChI is InChI=1S/C10H16BrN3OS/c1-6(2)4-12-9(15)7(3)13-10-14-8(11)5-16-10/h5-7H,4H2,1-3H3,(H,12,15)(H,13,14). The van der Waals surface area contributed by atoms with Gasteiger partial charge in [0.2, 0.25) is 5.91 Å². The first-order valence-corrected chi connectivity index (χ1v) is 6.81. The van der Waals surface area contributed by atoms with Crippen molar-refractivity contribution < 1.29 is 4.79 Å². The average Bonchev–Trinajstić information content (AvgIpc) is 2.60. The second kappa shape index (κ2) is 6.20. The fourth-order valence-electron chi connectivity index (χ4n) is 1.03. The van der Waals surface area contributed by atoms with E-state index in [-0.39, 0.29) is 11.9 Å². The van der Waals surface area contributed by atoms with Crippen LogP contribution in [0.3, 0.4) is 0 Å². The van der Waals surface area contributed by atoms with Crippen molar-refractivity contribution in [3.63, 3.8) is 0 Å². The largest absolute Gasteiger partial charge is 0.354 e. The van der Waals surface area contributed by atoms with Gasteiger partial charge in [0.15, 0.2) is 5.13 Å². The number of thiazole rings is 1. The van der Waals surface area contributed by atoms with Crippen LogP contribution < -0.4 is 10.6 Å². The van der Waals surface area contributed by atoms with Crippen molar-refractivity contribution in [3.05, 3.63) is 9.98 Å². The summed E-state index contributed by atoms with van der Waals surface area (Å²) in [4.78, 5) is 15.8. The molecule has 0 spiro atoms. The number of aromatic nitrogens is 1. The smallest absolute Gasteiger partial charge is 0.242 e. The lowest BCUT2D eigenvalue weighted by molar-refractivity contribution is -0.121. The molecule has 1 amide bonds. The second-order valence-electron chi connectivity index (χ2n) is 3.98. The molecule has 0 saturated carbocycles. The van der Waals surface area contributed by atoms with Gasteiger partial charge in [-0.3, -0.25) is 4.79 Å². The molecule has 1 aromatic rings. The Kier molecular flexibility index (Phi) is 5.21. The molecule has 0 bridgehead atoms. The molecule has 0 aromatic carbocycles. The van der Waals surface area contributed by atoms with Crippen molar-refractivity contribution in [1.82, 2.24) is 10.3 Å². The Bertz CT molecular complexity index is 354. The summed E-state index contributed by atoms with van der Waals surface area (Å²) in [5.41, 5.74) is 0. The number of halogens is 1. The number of hydrogen-bond donors (Lipinski definition) is 2. The zero-order valence-electron chi connectivity index (χ0n) is 9.58. The molecule has 4 nitrogen and oxygen atoms in total. The van der Waals surface area contributed by atoms with Crippen molar-refractivity contribution in [3.8, 4) is 0 Å². The quantitative estimate of drug-likeness (QED) is 0.879. The molecule has 1 unspecified atom stereocenters. The highest BCUT2D eigenvalue weighted by Gasteiger charge is 2.13. The number of amides is 1.